The highest BCUT2D eigenvalue weighted by atomic mass is 35.5. The minimum absolute atomic E-state index is 0.144. The molecule has 0 spiro atoms. The molecule has 0 radical (unpaired) electrons. The number of halogens is 1. The van der Waals surface area contributed by atoms with Crippen LogP contribution in [-0.2, 0) is 11.2 Å². The quantitative estimate of drug-likeness (QED) is 0.455. The molecule has 0 unspecified atom stereocenters. The summed E-state index contributed by atoms with van der Waals surface area (Å²) in [4.78, 5) is 31.2. The molecule has 142 valence electrons. The van der Waals surface area contributed by atoms with Crippen LogP contribution in [0, 0.1) is 0 Å². The van der Waals surface area contributed by atoms with E-state index in [4.69, 9.17) is 11.6 Å². The van der Waals surface area contributed by atoms with Crippen LogP contribution in [0.4, 0.5) is 5.13 Å². The van der Waals surface area contributed by atoms with Gasteiger partial charge < -0.3 is 15.6 Å². The van der Waals surface area contributed by atoms with Crippen LogP contribution in [0.15, 0.2) is 42.6 Å². The summed E-state index contributed by atoms with van der Waals surface area (Å²) in [5, 5.41) is 7.90. The maximum Gasteiger partial charge on any atom is 0.251 e. The zero-order valence-electron chi connectivity index (χ0n) is 15.0. The summed E-state index contributed by atoms with van der Waals surface area (Å²) in [5.41, 5.74) is 3.44. The molecule has 0 saturated carbocycles. The van der Waals surface area contributed by atoms with Gasteiger partial charge in [0.1, 0.15) is 0 Å². The molecule has 0 aliphatic rings. The number of hydrogen-bond donors (Lipinski definition) is 3. The van der Waals surface area contributed by atoms with Crippen molar-refractivity contribution in [1.82, 2.24) is 15.3 Å². The zero-order chi connectivity index (χ0) is 19.7. The third-order valence-corrected chi connectivity index (χ3v) is 5.51. The number of amides is 2. The Hall–Kier alpha value is -2.90. The molecule has 0 saturated heterocycles. The van der Waals surface area contributed by atoms with Crippen molar-refractivity contribution in [2.45, 2.75) is 13.3 Å². The van der Waals surface area contributed by atoms with Gasteiger partial charge in [0.05, 0.1) is 10.2 Å². The van der Waals surface area contributed by atoms with Gasteiger partial charge in [-0.1, -0.05) is 22.9 Å². The Morgan fingerprint density at radius 3 is 2.89 bits per heavy atom. The lowest BCUT2D eigenvalue weighted by Crippen LogP contribution is -2.25. The Morgan fingerprint density at radius 1 is 1.21 bits per heavy atom. The van der Waals surface area contributed by atoms with Gasteiger partial charge in [-0.25, -0.2) is 4.98 Å². The molecule has 6 nitrogen and oxygen atoms in total. The Kier molecular flexibility index (Phi) is 5.02. The highest BCUT2D eigenvalue weighted by Gasteiger charge is 2.11. The number of H-pyrrole nitrogens is 1. The number of carbonyl (C=O) groups excluding carboxylic acids is 2. The molecule has 2 amide bonds. The van der Waals surface area contributed by atoms with Gasteiger partial charge in [-0.3, -0.25) is 9.59 Å². The number of fused-ring (bicyclic) bond motifs is 2. The van der Waals surface area contributed by atoms with E-state index < -0.39 is 0 Å². The number of aromatic nitrogens is 2. The predicted molar refractivity (Wildman–Crippen MR) is 113 cm³/mol. The van der Waals surface area contributed by atoms with E-state index in [9.17, 15) is 9.59 Å². The van der Waals surface area contributed by atoms with Gasteiger partial charge in [-0.2, -0.15) is 0 Å². The number of nitrogens with zero attached hydrogens (tertiary/aromatic N) is 1. The largest absolute Gasteiger partial charge is 0.361 e. The van der Waals surface area contributed by atoms with Gasteiger partial charge in [0.25, 0.3) is 5.91 Å². The number of anilines is 1. The summed E-state index contributed by atoms with van der Waals surface area (Å²) in [7, 11) is 0. The van der Waals surface area contributed by atoms with Crippen molar-refractivity contribution in [3.8, 4) is 0 Å². The first-order chi connectivity index (χ1) is 13.5. The molecule has 2 aromatic carbocycles. The molecule has 0 aliphatic carbocycles. The minimum atomic E-state index is -0.171. The van der Waals surface area contributed by atoms with Gasteiger partial charge >= 0.3 is 0 Å². The lowest BCUT2D eigenvalue weighted by Gasteiger charge is -2.05. The Labute approximate surface area is 169 Å². The summed E-state index contributed by atoms with van der Waals surface area (Å²) >= 11 is 7.42. The van der Waals surface area contributed by atoms with Crippen LogP contribution in [-0.4, -0.2) is 28.3 Å². The number of rotatable bonds is 5. The first-order valence-electron chi connectivity index (χ1n) is 8.71. The number of carbonyl (C=O) groups is 2. The van der Waals surface area contributed by atoms with Crippen molar-refractivity contribution in [3.05, 3.63) is 58.7 Å². The first-order valence-corrected chi connectivity index (χ1v) is 9.91. The number of thiazole rings is 1. The number of aromatic amines is 1. The highest BCUT2D eigenvalue weighted by Crippen LogP contribution is 2.27. The van der Waals surface area contributed by atoms with Crippen LogP contribution < -0.4 is 10.6 Å². The third kappa shape index (κ3) is 3.85. The Balaban J connectivity index is 1.43. The van der Waals surface area contributed by atoms with E-state index in [2.05, 4.69) is 20.6 Å². The third-order valence-electron chi connectivity index (χ3n) is 4.34. The van der Waals surface area contributed by atoms with Gasteiger partial charge in [-0.15, -0.1) is 0 Å². The molecular formula is C20H17ClN4O2S. The van der Waals surface area contributed by atoms with Gasteiger partial charge in [0.2, 0.25) is 5.91 Å². The van der Waals surface area contributed by atoms with E-state index >= 15 is 0 Å². The standard InChI is InChI=1S/C20H17ClN4O2S/c1-11(26)24-20-25-17-4-2-12(8-18(17)28-20)19(27)22-7-6-13-10-23-16-5-3-14(21)9-15(13)16/h2-5,8-10,23H,6-7H2,1H3,(H,22,27)(H,24,25,26). The van der Waals surface area contributed by atoms with Crippen molar-refractivity contribution < 1.29 is 9.59 Å². The molecule has 0 bridgehead atoms. The summed E-state index contributed by atoms with van der Waals surface area (Å²) in [6.07, 6.45) is 2.64. The maximum atomic E-state index is 12.5. The molecule has 4 aromatic rings. The molecular weight excluding hydrogens is 396 g/mol. The molecule has 0 aliphatic heterocycles. The first kappa shape index (κ1) is 18.5. The second-order valence-electron chi connectivity index (χ2n) is 6.39. The lowest BCUT2D eigenvalue weighted by molar-refractivity contribution is -0.114. The molecule has 3 N–H and O–H groups in total. The fourth-order valence-electron chi connectivity index (χ4n) is 3.04. The van der Waals surface area contributed by atoms with Gasteiger partial charge in [-0.05, 0) is 48.4 Å². The zero-order valence-corrected chi connectivity index (χ0v) is 16.6. The fraction of sp³-hybridized carbons (Fsp3) is 0.150. The Morgan fingerprint density at radius 2 is 2.07 bits per heavy atom. The van der Waals surface area contributed by atoms with Crippen LogP contribution in [0.2, 0.25) is 5.02 Å². The highest BCUT2D eigenvalue weighted by molar-refractivity contribution is 7.22. The second kappa shape index (κ2) is 7.61. The van der Waals surface area contributed by atoms with Crippen LogP contribution in [0.5, 0.6) is 0 Å². The normalized spacial score (nSPS) is 11.1. The molecule has 28 heavy (non-hydrogen) atoms. The smallest absolute Gasteiger partial charge is 0.251 e. The summed E-state index contributed by atoms with van der Waals surface area (Å²) < 4.78 is 0.850. The topological polar surface area (TPSA) is 86.9 Å². The molecule has 8 heteroatoms. The van der Waals surface area contributed by atoms with Crippen LogP contribution in [0.3, 0.4) is 0 Å². The number of hydrogen-bond acceptors (Lipinski definition) is 4. The average Bonchev–Trinajstić information content (AvgIpc) is 3.23. The van der Waals surface area contributed by atoms with Gasteiger partial charge in [0.15, 0.2) is 5.13 Å². The lowest BCUT2D eigenvalue weighted by atomic mass is 10.1. The molecule has 2 heterocycles. The van der Waals surface area contributed by atoms with Gasteiger partial charge in [0, 0.05) is 41.2 Å². The molecule has 0 fully saturated rings. The van der Waals surface area contributed by atoms with Crippen LogP contribution >= 0.6 is 22.9 Å². The van der Waals surface area contributed by atoms with E-state index in [0.717, 1.165) is 26.7 Å². The van der Waals surface area contributed by atoms with Crippen molar-refractivity contribution in [1.29, 1.82) is 0 Å². The van der Waals surface area contributed by atoms with Crippen molar-refractivity contribution in [2.75, 3.05) is 11.9 Å². The van der Waals surface area contributed by atoms with E-state index in [1.165, 1.54) is 18.3 Å². The monoisotopic (exact) mass is 412 g/mol. The average molecular weight is 413 g/mol. The second-order valence-corrected chi connectivity index (χ2v) is 7.86. The predicted octanol–water partition coefficient (Wildman–Crippen LogP) is 4.36. The van der Waals surface area contributed by atoms with E-state index in [1.807, 2.05) is 24.4 Å². The van der Waals surface area contributed by atoms with E-state index in [0.29, 0.717) is 28.7 Å². The molecule has 0 atom stereocenters. The van der Waals surface area contributed by atoms with Crippen molar-refractivity contribution in [3.63, 3.8) is 0 Å². The molecule has 4 rings (SSSR count). The fourth-order valence-corrected chi connectivity index (χ4v) is 4.16. The molecule has 2 aromatic heterocycles. The summed E-state index contributed by atoms with van der Waals surface area (Å²) in [6.45, 7) is 1.95. The van der Waals surface area contributed by atoms with Crippen molar-refractivity contribution >= 4 is 61.0 Å². The number of benzene rings is 2. The summed E-state index contributed by atoms with van der Waals surface area (Å²) in [6, 6.07) is 11.0. The van der Waals surface area contributed by atoms with Crippen LogP contribution in [0.1, 0.15) is 22.8 Å². The summed E-state index contributed by atoms with van der Waals surface area (Å²) in [5.74, 6) is -0.315. The van der Waals surface area contributed by atoms with E-state index in [-0.39, 0.29) is 11.8 Å². The van der Waals surface area contributed by atoms with Crippen LogP contribution in [0.25, 0.3) is 21.1 Å². The van der Waals surface area contributed by atoms with Crippen molar-refractivity contribution in [2.24, 2.45) is 0 Å². The Bertz CT molecular complexity index is 1200. The maximum absolute atomic E-state index is 12.5. The SMILES string of the molecule is CC(=O)Nc1nc2ccc(C(=O)NCCc3c[nH]c4ccc(Cl)cc34)cc2s1. The minimum Gasteiger partial charge on any atom is -0.361 e. The van der Waals surface area contributed by atoms with E-state index in [1.54, 1.807) is 18.2 Å². The number of nitrogens with one attached hydrogen (secondary N) is 3.